The van der Waals surface area contributed by atoms with Gasteiger partial charge in [0.2, 0.25) is 5.91 Å². The third-order valence-electron chi connectivity index (χ3n) is 2.53. The van der Waals surface area contributed by atoms with Gasteiger partial charge in [0.15, 0.2) is 0 Å². The van der Waals surface area contributed by atoms with Gasteiger partial charge in [-0.15, -0.1) is 0 Å². The number of carbonyl (C=O) groups excluding carboxylic acids is 1. The van der Waals surface area contributed by atoms with Crippen molar-refractivity contribution in [1.82, 2.24) is 5.32 Å². The van der Waals surface area contributed by atoms with Crippen LogP contribution in [0.5, 0.6) is 5.75 Å². The van der Waals surface area contributed by atoms with Crippen molar-refractivity contribution < 1.29 is 9.53 Å². The highest BCUT2D eigenvalue weighted by atomic mass is 16.5. The number of carbonyl (C=O) groups is 1. The highest BCUT2D eigenvalue weighted by molar-refractivity contribution is 5.85. The largest absolute Gasteiger partial charge is 0.497 e. The highest BCUT2D eigenvalue weighted by Crippen LogP contribution is 2.19. The number of nitrogens with two attached hydrogens (primary N) is 1. The Morgan fingerprint density at radius 2 is 2.12 bits per heavy atom. The Labute approximate surface area is 102 Å². The Morgan fingerprint density at radius 1 is 1.47 bits per heavy atom. The fraction of sp³-hybridized carbons (Fsp3) is 0.462. The van der Waals surface area contributed by atoms with Gasteiger partial charge in [-0.3, -0.25) is 4.79 Å². The van der Waals surface area contributed by atoms with Crippen molar-refractivity contribution in [3.05, 3.63) is 29.8 Å². The number of nitrogens with one attached hydrogen (secondary N) is 1. The minimum Gasteiger partial charge on any atom is -0.497 e. The molecule has 3 N–H and O–H groups in total. The van der Waals surface area contributed by atoms with E-state index in [1.165, 1.54) is 0 Å². The molecular weight excluding hydrogens is 216 g/mol. The van der Waals surface area contributed by atoms with Crippen molar-refractivity contribution in [3.8, 4) is 5.75 Å². The van der Waals surface area contributed by atoms with Crippen molar-refractivity contribution in [2.45, 2.75) is 32.4 Å². The number of ether oxygens (including phenoxy) is 1. The summed E-state index contributed by atoms with van der Waals surface area (Å²) < 4.78 is 5.14. The SMILES string of the molecule is COc1cccc([C@@H](C)NC(=O)C(C)(C)N)c1. The van der Waals surface area contributed by atoms with Crippen LogP contribution >= 0.6 is 0 Å². The molecule has 0 aliphatic heterocycles. The predicted molar refractivity (Wildman–Crippen MR) is 67.8 cm³/mol. The van der Waals surface area contributed by atoms with Crippen molar-refractivity contribution in [2.75, 3.05) is 7.11 Å². The number of amides is 1. The van der Waals surface area contributed by atoms with Gasteiger partial charge in [-0.1, -0.05) is 12.1 Å². The fourth-order valence-corrected chi connectivity index (χ4v) is 1.38. The first-order valence-electron chi connectivity index (χ1n) is 5.58. The molecule has 4 heteroatoms. The molecule has 0 fully saturated rings. The number of methoxy groups -OCH3 is 1. The highest BCUT2D eigenvalue weighted by Gasteiger charge is 2.23. The quantitative estimate of drug-likeness (QED) is 0.834. The Morgan fingerprint density at radius 3 is 2.65 bits per heavy atom. The van der Waals surface area contributed by atoms with E-state index in [1.807, 2.05) is 31.2 Å². The summed E-state index contributed by atoms with van der Waals surface area (Å²) in [5, 5.41) is 2.87. The van der Waals surface area contributed by atoms with Crippen LogP contribution in [0.15, 0.2) is 24.3 Å². The van der Waals surface area contributed by atoms with E-state index in [2.05, 4.69) is 5.32 Å². The van der Waals surface area contributed by atoms with Crippen LogP contribution in [0.2, 0.25) is 0 Å². The minimum atomic E-state index is -0.868. The molecule has 0 radical (unpaired) electrons. The molecule has 0 heterocycles. The summed E-state index contributed by atoms with van der Waals surface area (Å²) in [5.74, 6) is 0.600. The molecule has 0 aliphatic carbocycles. The smallest absolute Gasteiger partial charge is 0.239 e. The summed E-state index contributed by atoms with van der Waals surface area (Å²) in [4.78, 5) is 11.7. The van der Waals surface area contributed by atoms with E-state index in [0.29, 0.717) is 0 Å². The van der Waals surface area contributed by atoms with Crippen LogP contribution in [0.4, 0.5) is 0 Å². The lowest BCUT2D eigenvalue weighted by molar-refractivity contribution is -0.125. The van der Waals surface area contributed by atoms with Gasteiger partial charge >= 0.3 is 0 Å². The van der Waals surface area contributed by atoms with Gasteiger partial charge in [-0.05, 0) is 38.5 Å². The van der Waals surface area contributed by atoms with Gasteiger partial charge in [0.25, 0.3) is 0 Å². The van der Waals surface area contributed by atoms with Crippen LogP contribution in [0.1, 0.15) is 32.4 Å². The molecule has 0 unspecified atom stereocenters. The molecule has 0 saturated carbocycles. The van der Waals surface area contributed by atoms with Crippen LogP contribution < -0.4 is 15.8 Å². The van der Waals surface area contributed by atoms with E-state index in [1.54, 1.807) is 21.0 Å². The molecule has 1 rings (SSSR count). The average Bonchev–Trinajstić information content (AvgIpc) is 2.27. The van der Waals surface area contributed by atoms with Crippen LogP contribution in [0.3, 0.4) is 0 Å². The van der Waals surface area contributed by atoms with Crippen molar-refractivity contribution >= 4 is 5.91 Å². The minimum absolute atomic E-state index is 0.0968. The van der Waals surface area contributed by atoms with E-state index >= 15 is 0 Å². The van der Waals surface area contributed by atoms with Crippen LogP contribution in [0, 0.1) is 0 Å². The Kier molecular flexibility index (Phi) is 4.12. The van der Waals surface area contributed by atoms with Gasteiger partial charge in [-0.2, -0.15) is 0 Å². The molecule has 4 nitrogen and oxygen atoms in total. The number of hydrogen-bond acceptors (Lipinski definition) is 3. The van der Waals surface area contributed by atoms with E-state index in [9.17, 15) is 4.79 Å². The summed E-state index contributed by atoms with van der Waals surface area (Å²) in [6.07, 6.45) is 0. The monoisotopic (exact) mass is 236 g/mol. The molecule has 1 atom stereocenters. The van der Waals surface area contributed by atoms with Gasteiger partial charge in [0.05, 0.1) is 18.7 Å². The maximum atomic E-state index is 11.7. The standard InChI is InChI=1S/C13H20N2O2/c1-9(15-12(16)13(2,3)14)10-6-5-7-11(8-10)17-4/h5-9H,14H2,1-4H3,(H,15,16)/t9-/m1/s1. The zero-order chi connectivity index (χ0) is 13.1. The summed E-state index contributed by atoms with van der Waals surface area (Å²) >= 11 is 0. The molecule has 17 heavy (non-hydrogen) atoms. The topological polar surface area (TPSA) is 64.3 Å². The summed E-state index contributed by atoms with van der Waals surface area (Å²) in [5.41, 5.74) is 5.84. The number of rotatable bonds is 4. The lowest BCUT2D eigenvalue weighted by atomic mass is 10.0. The lowest BCUT2D eigenvalue weighted by Crippen LogP contribution is -2.49. The molecule has 1 aromatic rings. The molecule has 0 bridgehead atoms. The lowest BCUT2D eigenvalue weighted by Gasteiger charge is -2.22. The molecule has 0 saturated heterocycles. The zero-order valence-corrected chi connectivity index (χ0v) is 10.8. The van der Waals surface area contributed by atoms with Gasteiger partial charge < -0.3 is 15.8 Å². The first-order valence-corrected chi connectivity index (χ1v) is 5.58. The molecule has 94 valence electrons. The summed E-state index contributed by atoms with van der Waals surface area (Å²) in [7, 11) is 1.62. The van der Waals surface area contributed by atoms with Gasteiger partial charge in [0, 0.05) is 0 Å². The normalized spacial score (nSPS) is 13.0. The van der Waals surface area contributed by atoms with Crippen molar-refractivity contribution in [2.24, 2.45) is 5.73 Å². The molecular formula is C13H20N2O2. The summed E-state index contributed by atoms with van der Waals surface area (Å²) in [6, 6.07) is 7.50. The van der Waals surface area contributed by atoms with Crippen molar-refractivity contribution in [1.29, 1.82) is 0 Å². The molecule has 0 aliphatic rings. The second kappa shape index (κ2) is 5.19. The third kappa shape index (κ3) is 3.75. The van der Waals surface area contributed by atoms with Crippen LogP contribution in [-0.2, 0) is 4.79 Å². The van der Waals surface area contributed by atoms with E-state index < -0.39 is 5.54 Å². The zero-order valence-electron chi connectivity index (χ0n) is 10.8. The van der Waals surface area contributed by atoms with Crippen LogP contribution in [0.25, 0.3) is 0 Å². The predicted octanol–water partition coefficient (Wildman–Crippen LogP) is 1.61. The molecule has 0 aromatic heterocycles. The maximum absolute atomic E-state index is 11.7. The molecule has 1 amide bonds. The third-order valence-corrected chi connectivity index (χ3v) is 2.53. The Balaban J connectivity index is 2.76. The van der Waals surface area contributed by atoms with E-state index in [-0.39, 0.29) is 11.9 Å². The van der Waals surface area contributed by atoms with Crippen molar-refractivity contribution in [3.63, 3.8) is 0 Å². The number of benzene rings is 1. The Bertz CT molecular complexity index is 397. The average molecular weight is 236 g/mol. The first-order chi connectivity index (χ1) is 7.84. The second-order valence-corrected chi connectivity index (χ2v) is 4.69. The van der Waals surface area contributed by atoms with Gasteiger partial charge in [-0.25, -0.2) is 0 Å². The maximum Gasteiger partial charge on any atom is 0.239 e. The Hall–Kier alpha value is -1.55. The van der Waals surface area contributed by atoms with Crippen LogP contribution in [-0.4, -0.2) is 18.6 Å². The van der Waals surface area contributed by atoms with Gasteiger partial charge in [0.1, 0.15) is 5.75 Å². The number of hydrogen-bond donors (Lipinski definition) is 2. The van der Waals surface area contributed by atoms with E-state index in [0.717, 1.165) is 11.3 Å². The first kappa shape index (κ1) is 13.5. The fourth-order valence-electron chi connectivity index (χ4n) is 1.38. The molecule has 0 spiro atoms. The van der Waals surface area contributed by atoms with E-state index in [4.69, 9.17) is 10.5 Å². The second-order valence-electron chi connectivity index (χ2n) is 4.69. The summed E-state index contributed by atoms with van der Waals surface area (Å²) in [6.45, 7) is 5.28. The molecule has 1 aromatic carbocycles.